The van der Waals surface area contributed by atoms with Crippen molar-refractivity contribution in [3.8, 4) is 11.5 Å². The molecular weight excluding hydrogens is 448 g/mol. The Balaban J connectivity index is 1.95. The Hall–Kier alpha value is -3.85. The Kier molecular flexibility index (Phi) is 6.79. The molecule has 4 rings (SSSR count). The van der Waals surface area contributed by atoms with Crippen LogP contribution < -0.4 is 9.47 Å². The third kappa shape index (κ3) is 4.35. The van der Waals surface area contributed by atoms with Crippen LogP contribution in [0.4, 0.5) is 0 Å². The first-order valence-corrected chi connectivity index (χ1v) is 11.4. The normalized spacial score (nSPS) is 17.5. The third-order valence-electron chi connectivity index (χ3n) is 6.20. The lowest BCUT2D eigenvalue weighted by Gasteiger charge is -2.27. The van der Waals surface area contributed by atoms with Crippen LogP contribution in [0.1, 0.15) is 29.4 Å². The van der Waals surface area contributed by atoms with Crippen LogP contribution in [0.3, 0.4) is 0 Å². The summed E-state index contributed by atoms with van der Waals surface area (Å²) in [7, 11) is 6.97. The summed E-state index contributed by atoms with van der Waals surface area (Å²) in [5.41, 5.74) is 2.11. The molecule has 3 heterocycles. The maximum Gasteiger partial charge on any atom is 0.295 e. The maximum atomic E-state index is 13.4. The SMILES string of the molecule is COc1ccc(OC)c(C2/C(=C(\O)c3c(C)nc4ccccn34)C(=O)C(=O)N2CCCN(C)C)c1. The summed E-state index contributed by atoms with van der Waals surface area (Å²) in [5, 5.41) is 11.6. The topological polar surface area (TPSA) is 96.6 Å². The first kappa shape index (κ1) is 24.3. The fraction of sp³-hybridized carbons (Fsp3) is 0.346. The van der Waals surface area contributed by atoms with Crippen LogP contribution in [0.15, 0.2) is 48.2 Å². The molecule has 1 saturated heterocycles. The van der Waals surface area contributed by atoms with E-state index < -0.39 is 17.7 Å². The molecule has 1 fully saturated rings. The predicted octanol–water partition coefficient (Wildman–Crippen LogP) is 3.03. The number of benzene rings is 1. The Morgan fingerprint density at radius 1 is 1.14 bits per heavy atom. The van der Waals surface area contributed by atoms with Crippen LogP contribution in [-0.4, -0.2) is 77.4 Å². The number of aryl methyl sites for hydroxylation is 1. The highest BCUT2D eigenvalue weighted by atomic mass is 16.5. The second-order valence-electron chi connectivity index (χ2n) is 8.73. The van der Waals surface area contributed by atoms with E-state index in [-0.39, 0.29) is 11.3 Å². The van der Waals surface area contributed by atoms with Crippen LogP contribution in [0.5, 0.6) is 11.5 Å². The molecule has 0 aliphatic carbocycles. The lowest BCUT2D eigenvalue weighted by molar-refractivity contribution is -0.140. The van der Waals surface area contributed by atoms with E-state index in [1.807, 2.05) is 37.2 Å². The van der Waals surface area contributed by atoms with Crippen molar-refractivity contribution < 1.29 is 24.2 Å². The molecule has 0 saturated carbocycles. The number of pyridine rings is 1. The van der Waals surface area contributed by atoms with Gasteiger partial charge in [-0.15, -0.1) is 0 Å². The largest absolute Gasteiger partial charge is 0.505 e. The zero-order chi connectivity index (χ0) is 25.3. The Morgan fingerprint density at radius 2 is 1.91 bits per heavy atom. The summed E-state index contributed by atoms with van der Waals surface area (Å²) in [6.07, 6.45) is 2.41. The van der Waals surface area contributed by atoms with Crippen molar-refractivity contribution in [3.63, 3.8) is 0 Å². The summed E-state index contributed by atoms with van der Waals surface area (Å²) in [6.45, 7) is 2.82. The van der Waals surface area contributed by atoms with Crippen molar-refractivity contribution in [2.75, 3.05) is 41.4 Å². The molecule has 1 amide bonds. The number of aliphatic hydroxyl groups is 1. The number of aromatic nitrogens is 2. The summed E-state index contributed by atoms with van der Waals surface area (Å²) in [4.78, 5) is 34.7. The van der Waals surface area contributed by atoms with Crippen molar-refractivity contribution in [2.24, 2.45) is 0 Å². The van der Waals surface area contributed by atoms with Gasteiger partial charge in [-0.25, -0.2) is 4.98 Å². The third-order valence-corrected chi connectivity index (χ3v) is 6.20. The van der Waals surface area contributed by atoms with Gasteiger partial charge in [0.1, 0.15) is 22.8 Å². The number of fused-ring (bicyclic) bond motifs is 1. The van der Waals surface area contributed by atoms with Crippen LogP contribution in [0, 0.1) is 6.92 Å². The maximum absolute atomic E-state index is 13.4. The molecule has 0 radical (unpaired) electrons. The highest BCUT2D eigenvalue weighted by Gasteiger charge is 2.47. The highest BCUT2D eigenvalue weighted by molar-refractivity contribution is 6.46. The zero-order valence-electron chi connectivity index (χ0n) is 20.6. The van der Waals surface area contributed by atoms with Gasteiger partial charge in [-0.3, -0.25) is 14.0 Å². The van der Waals surface area contributed by atoms with E-state index >= 15 is 0 Å². The highest BCUT2D eigenvalue weighted by Crippen LogP contribution is 2.44. The number of ether oxygens (including phenoxy) is 2. The quantitative estimate of drug-likeness (QED) is 0.302. The number of Topliss-reactive ketones (excluding diaryl/α,β-unsaturated/α-hetero) is 1. The molecule has 0 spiro atoms. The van der Waals surface area contributed by atoms with Crippen molar-refractivity contribution >= 4 is 23.1 Å². The average Bonchev–Trinajstić information content (AvgIpc) is 3.31. The van der Waals surface area contributed by atoms with Crippen LogP contribution in [-0.2, 0) is 9.59 Å². The molecule has 35 heavy (non-hydrogen) atoms. The minimum atomic E-state index is -0.851. The molecule has 3 aromatic rings. The van der Waals surface area contributed by atoms with Crippen molar-refractivity contribution in [1.82, 2.24) is 19.2 Å². The number of imidazole rings is 1. The van der Waals surface area contributed by atoms with Gasteiger partial charge >= 0.3 is 0 Å². The molecule has 2 aromatic heterocycles. The van der Waals surface area contributed by atoms with Gasteiger partial charge in [-0.1, -0.05) is 6.07 Å². The second kappa shape index (κ2) is 9.79. The molecule has 1 unspecified atom stereocenters. The van der Waals surface area contributed by atoms with E-state index in [9.17, 15) is 14.7 Å². The Morgan fingerprint density at radius 3 is 2.60 bits per heavy atom. The van der Waals surface area contributed by atoms with E-state index in [0.29, 0.717) is 47.1 Å². The molecule has 0 bridgehead atoms. The van der Waals surface area contributed by atoms with Gasteiger partial charge in [-0.2, -0.15) is 0 Å². The first-order chi connectivity index (χ1) is 16.8. The number of hydrogen-bond acceptors (Lipinski definition) is 7. The van der Waals surface area contributed by atoms with Gasteiger partial charge in [-0.05, 0) is 64.3 Å². The van der Waals surface area contributed by atoms with Gasteiger partial charge in [0.25, 0.3) is 11.7 Å². The van der Waals surface area contributed by atoms with Gasteiger partial charge in [0.05, 0.1) is 31.5 Å². The molecule has 1 N–H and O–H groups in total. The van der Waals surface area contributed by atoms with Gasteiger partial charge in [0, 0.05) is 18.3 Å². The minimum Gasteiger partial charge on any atom is -0.505 e. The summed E-state index contributed by atoms with van der Waals surface area (Å²) < 4.78 is 12.7. The van der Waals surface area contributed by atoms with Crippen LogP contribution in [0.2, 0.25) is 0 Å². The number of hydrogen-bond donors (Lipinski definition) is 1. The smallest absolute Gasteiger partial charge is 0.295 e. The molecule has 1 aromatic carbocycles. The van der Waals surface area contributed by atoms with E-state index in [0.717, 1.165) is 6.54 Å². The first-order valence-electron chi connectivity index (χ1n) is 11.4. The van der Waals surface area contributed by atoms with Crippen molar-refractivity contribution in [1.29, 1.82) is 0 Å². The predicted molar refractivity (Wildman–Crippen MR) is 132 cm³/mol. The number of likely N-dealkylation sites (tertiary alicyclic amines) is 1. The van der Waals surface area contributed by atoms with E-state index in [1.165, 1.54) is 12.0 Å². The van der Waals surface area contributed by atoms with Gasteiger partial charge in [0.15, 0.2) is 5.76 Å². The number of methoxy groups -OCH3 is 2. The van der Waals surface area contributed by atoms with E-state index in [2.05, 4.69) is 4.98 Å². The number of carbonyl (C=O) groups excluding carboxylic acids is 2. The summed E-state index contributed by atoms with van der Waals surface area (Å²) >= 11 is 0. The second-order valence-corrected chi connectivity index (χ2v) is 8.73. The lowest BCUT2D eigenvalue weighted by Crippen LogP contribution is -2.32. The van der Waals surface area contributed by atoms with Crippen LogP contribution in [0.25, 0.3) is 11.4 Å². The van der Waals surface area contributed by atoms with E-state index in [1.54, 1.807) is 42.8 Å². The summed E-state index contributed by atoms with van der Waals surface area (Å²) in [5.74, 6) is -0.648. The molecular formula is C26H30N4O5. The number of aliphatic hydroxyl groups excluding tert-OH is 1. The van der Waals surface area contributed by atoms with Crippen molar-refractivity contribution in [3.05, 3.63) is 65.1 Å². The summed E-state index contributed by atoms with van der Waals surface area (Å²) in [6, 6.07) is 9.83. The van der Waals surface area contributed by atoms with Gasteiger partial charge in [0.2, 0.25) is 0 Å². The molecule has 1 atom stereocenters. The molecule has 9 nitrogen and oxygen atoms in total. The number of amides is 1. The standard InChI is InChI=1S/C26H30N4O5/c1-16-22(29-13-7-6-9-20(29)27-16)24(31)21-23(18-15-17(34-4)10-11-19(18)35-5)30(26(33)25(21)32)14-8-12-28(2)3/h6-7,9-11,13,15,23,31H,8,12,14H2,1-5H3/b24-21+. The van der Waals surface area contributed by atoms with E-state index in [4.69, 9.17) is 9.47 Å². The number of rotatable bonds is 8. The zero-order valence-corrected chi connectivity index (χ0v) is 20.6. The molecule has 9 heteroatoms. The number of nitrogens with zero attached hydrogens (tertiary/aromatic N) is 4. The fourth-order valence-electron chi connectivity index (χ4n) is 4.57. The molecule has 1 aliphatic rings. The van der Waals surface area contributed by atoms with Crippen molar-refractivity contribution in [2.45, 2.75) is 19.4 Å². The van der Waals surface area contributed by atoms with Crippen LogP contribution >= 0.6 is 0 Å². The monoisotopic (exact) mass is 478 g/mol. The average molecular weight is 479 g/mol. The minimum absolute atomic E-state index is 0.000147. The Bertz CT molecular complexity index is 1310. The fourth-order valence-corrected chi connectivity index (χ4v) is 4.57. The molecule has 1 aliphatic heterocycles. The lowest BCUT2D eigenvalue weighted by atomic mass is 9.95. The number of carbonyl (C=O) groups is 2. The van der Waals surface area contributed by atoms with Gasteiger partial charge < -0.3 is 24.4 Å². The Labute approximate surface area is 204 Å². The number of ketones is 1. The molecule has 184 valence electrons.